The number of nitrogens with one attached hydrogen (secondary N) is 1. The van der Waals surface area contributed by atoms with Gasteiger partial charge in [-0.25, -0.2) is 9.97 Å². The number of aromatic nitrogens is 3. The van der Waals surface area contributed by atoms with Crippen molar-refractivity contribution in [1.82, 2.24) is 19.9 Å². The second kappa shape index (κ2) is 8.55. The molecule has 2 aromatic heterocycles. The SMILES string of the molecule is Cc1nc(-c2ccc(N3CCN(Cc4cccc5ccccc45)CC3)nc2)[nH]c(=O)c1C. The van der Waals surface area contributed by atoms with Crippen molar-refractivity contribution in [3.63, 3.8) is 0 Å². The molecule has 1 saturated heterocycles. The lowest BCUT2D eigenvalue weighted by Gasteiger charge is -2.35. The molecular formula is C26H27N5O. The Bertz CT molecular complexity index is 1300. The molecule has 1 fully saturated rings. The van der Waals surface area contributed by atoms with E-state index in [2.05, 4.69) is 67.2 Å². The van der Waals surface area contributed by atoms with Gasteiger partial charge in [-0.2, -0.15) is 0 Å². The number of pyridine rings is 1. The van der Waals surface area contributed by atoms with Gasteiger partial charge >= 0.3 is 0 Å². The summed E-state index contributed by atoms with van der Waals surface area (Å²) in [6.07, 6.45) is 1.80. The molecule has 0 radical (unpaired) electrons. The van der Waals surface area contributed by atoms with Crippen LogP contribution in [-0.4, -0.2) is 46.0 Å². The minimum absolute atomic E-state index is 0.0982. The first kappa shape index (κ1) is 20.4. The smallest absolute Gasteiger partial charge is 0.254 e. The monoisotopic (exact) mass is 425 g/mol. The molecule has 1 aliphatic rings. The highest BCUT2D eigenvalue weighted by Crippen LogP contribution is 2.22. The first-order valence-corrected chi connectivity index (χ1v) is 11.1. The predicted octanol–water partition coefficient (Wildman–Crippen LogP) is 3.92. The van der Waals surface area contributed by atoms with Crippen molar-refractivity contribution in [1.29, 1.82) is 0 Å². The molecule has 32 heavy (non-hydrogen) atoms. The Labute approximate surface area is 187 Å². The zero-order valence-corrected chi connectivity index (χ0v) is 18.5. The highest BCUT2D eigenvalue weighted by Gasteiger charge is 2.19. The summed E-state index contributed by atoms with van der Waals surface area (Å²) in [5.74, 6) is 1.53. The van der Waals surface area contributed by atoms with E-state index in [1.54, 1.807) is 13.1 Å². The van der Waals surface area contributed by atoms with Gasteiger partial charge in [-0.05, 0) is 42.3 Å². The maximum atomic E-state index is 12.1. The number of piperazine rings is 1. The van der Waals surface area contributed by atoms with E-state index in [0.29, 0.717) is 11.4 Å². The molecule has 0 atom stereocenters. The molecule has 3 heterocycles. The van der Waals surface area contributed by atoms with Crippen LogP contribution in [0.4, 0.5) is 5.82 Å². The van der Waals surface area contributed by atoms with Crippen molar-refractivity contribution in [3.8, 4) is 11.4 Å². The Morgan fingerprint density at radius 2 is 1.72 bits per heavy atom. The fourth-order valence-electron chi connectivity index (χ4n) is 4.30. The van der Waals surface area contributed by atoms with Crippen LogP contribution in [0.15, 0.2) is 65.6 Å². The number of aromatic amines is 1. The molecule has 6 heteroatoms. The van der Waals surface area contributed by atoms with Crippen LogP contribution >= 0.6 is 0 Å². The molecule has 0 amide bonds. The molecule has 0 aliphatic carbocycles. The summed E-state index contributed by atoms with van der Waals surface area (Å²) in [6, 6.07) is 19.2. The van der Waals surface area contributed by atoms with Crippen molar-refractivity contribution in [3.05, 3.63) is 88.0 Å². The maximum absolute atomic E-state index is 12.1. The lowest BCUT2D eigenvalue weighted by molar-refractivity contribution is 0.250. The van der Waals surface area contributed by atoms with Crippen LogP contribution in [0.1, 0.15) is 16.8 Å². The quantitative estimate of drug-likeness (QED) is 0.537. The van der Waals surface area contributed by atoms with Crippen LogP contribution in [0.3, 0.4) is 0 Å². The van der Waals surface area contributed by atoms with E-state index in [4.69, 9.17) is 0 Å². The Balaban J connectivity index is 1.25. The molecule has 0 unspecified atom stereocenters. The molecule has 6 nitrogen and oxygen atoms in total. The minimum Gasteiger partial charge on any atom is -0.354 e. The first-order chi connectivity index (χ1) is 15.6. The van der Waals surface area contributed by atoms with Crippen molar-refractivity contribution in [2.45, 2.75) is 20.4 Å². The number of hydrogen-bond acceptors (Lipinski definition) is 5. The largest absolute Gasteiger partial charge is 0.354 e. The van der Waals surface area contributed by atoms with Crippen molar-refractivity contribution >= 4 is 16.6 Å². The van der Waals surface area contributed by atoms with Gasteiger partial charge in [0.05, 0.1) is 0 Å². The molecule has 162 valence electrons. The highest BCUT2D eigenvalue weighted by atomic mass is 16.1. The van der Waals surface area contributed by atoms with Crippen molar-refractivity contribution in [2.75, 3.05) is 31.1 Å². The second-order valence-electron chi connectivity index (χ2n) is 8.43. The number of hydrogen-bond donors (Lipinski definition) is 1. The summed E-state index contributed by atoms with van der Waals surface area (Å²) in [5.41, 5.74) is 3.51. The number of aryl methyl sites for hydroxylation is 1. The van der Waals surface area contributed by atoms with Gasteiger partial charge in [0.15, 0.2) is 0 Å². The molecule has 4 aromatic rings. The average Bonchev–Trinajstić information content (AvgIpc) is 2.83. The first-order valence-electron chi connectivity index (χ1n) is 11.1. The summed E-state index contributed by atoms with van der Waals surface area (Å²) in [5, 5.41) is 2.64. The number of nitrogens with zero attached hydrogens (tertiary/aromatic N) is 4. The highest BCUT2D eigenvalue weighted by molar-refractivity contribution is 5.85. The summed E-state index contributed by atoms with van der Waals surface area (Å²) in [7, 11) is 0. The van der Waals surface area contributed by atoms with E-state index in [-0.39, 0.29) is 5.56 Å². The van der Waals surface area contributed by atoms with Crippen LogP contribution in [0.25, 0.3) is 22.2 Å². The molecule has 1 aliphatic heterocycles. The third kappa shape index (κ3) is 4.01. The fraction of sp³-hybridized carbons (Fsp3) is 0.269. The molecule has 5 rings (SSSR count). The zero-order valence-electron chi connectivity index (χ0n) is 18.5. The van der Waals surface area contributed by atoms with E-state index < -0.39 is 0 Å². The van der Waals surface area contributed by atoms with Gasteiger partial charge in [-0.1, -0.05) is 42.5 Å². The Kier molecular flexibility index (Phi) is 5.45. The Morgan fingerprint density at radius 3 is 2.47 bits per heavy atom. The van der Waals surface area contributed by atoms with Crippen LogP contribution in [-0.2, 0) is 6.54 Å². The van der Waals surface area contributed by atoms with E-state index in [0.717, 1.165) is 49.8 Å². The van der Waals surface area contributed by atoms with E-state index in [9.17, 15) is 4.79 Å². The normalized spacial score (nSPS) is 14.8. The van der Waals surface area contributed by atoms with Gasteiger partial charge in [-0.15, -0.1) is 0 Å². The maximum Gasteiger partial charge on any atom is 0.254 e. The van der Waals surface area contributed by atoms with Gasteiger partial charge in [0, 0.05) is 55.7 Å². The Morgan fingerprint density at radius 1 is 0.938 bits per heavy atom. The number of rotatable bonds is 4. The van der Waals surface area contributed by atoms with Gasteiger partial charge in [-0.3, -0.25) is 9.69 Å². The van der Waals surface area contributed by atoms with Gasteiger partial charge in [0.1, 0.15) is 11.6 Å². The zero-order chi connectivity index (χ0) is 22.1. The molecule has 0 bridgehead atoms. The number of benzene rings is 2. The van der Waals surface area contributed by atoms with Gasteiger partial charge in [0.2, 0.25) is 0 Å². The van der Waals surface area contributed by atoms with Gasteiger partial charge in [0.25, 0.3) is 5.56 Å². The third-order valence-electron chi connectivity index (χ3n) is 6.39. The number of anilines is 1. The summed E-state index contributed by atoms with van der Waals surface area (Å²) < 4.78 is 0. The third-order valence-corrected chi connectivity index (χ3v) is 6.39. The van der Waals surface area contributed by atoms with Crippen LogP contribution < -0.4 is 10.5 Å². The van der Waals surface area contributed by atoms with Gasteiger partial charge < -0.3 is 9.88 Å². The minimum atomic E-state index is -0.0982. The molecule has 0 saturated carbocycles. The molecule has 1 N–H and O–H groups in total. The van der Waals surface area contributed by atoms with Crippen LogP contribution in [0, 0.1) is 13.8 Å². The van der Waals surface area contributed by atoms with Crippen molar-refractivity contribution in [2.24, 2.45) is 0 Å². The summed E-state index contributed by atoms with van der Waals surface area (Å²) in [4.78, 5) is 28.9. The van der Waals surface area contributed by atoms with E-state index >= 15 is 0 Å². The summed E-state index contributed by atoms with van der Waals surface area (Å²) >= 11 is 0. The molecule has 2 aromatic carbocycles. The number of fused-ring (bicyclic) bond motifs is 1. The lowest BCUT2D eigenvalue weighted by Crippen LogP contribution is -2.46. The molecular weight excluding hydrogens is 398 g/mol. The summed E-state index contributed by atoms with van der Waals surface area (Å²) in [6.45, 7) is 8.48. The van der Waals surface area contributed by atoms with Crippen LogP contribution in [0.5, 0.6) is 0 Å². The fourth-order valence-corrected chi connectivity index (χ4v) is 4.30. The van der Waals surface area contributed by atoms with Crippen LogP contribution in [0.2, 0.25) is 0 Å². The molecule has 0 spiro atoms. The second-order valence-corrected chi connectivity index (χ2v) is 8.43. The van der Waals surface area contributed by atoms with E-state index in [1.165, 1.54) is 16.3 Å². The average molecular weight is 426 g/mol. The predicted molar refractivity (Wildman–Crippen MR) is 129 cm³/mol. The topological polar surface area (TPSA) is 65.1 Å². The Hall–Kier alpha value is -3.51. The lowest BCUT2D eigenvalue weighted by atomic mass is 10.0. The number of H-pyrrole nitrogens is 1. The van der Waals surface area contributed by atoms with Crippen molar-refractivity contribution < 1.29 is 0 Å². The standard InChI is InChI=1S/C26H27N5O/c1-18-19(2)28-25(29-26(18)32)21-10-11-24(27-16-21)31-14-12-30(13-15-31)17-22-8-5-7-20-6-3-4-9-23(20)22/h3-11,16H,12-15,17H2,1-2H3,(H,28,29,32). The van der Waals surface area contributed by atoms with E-state index in [1.807, 2.05) is 19.1 Å².